The van der Waals surface area contributed by atoms with Crippen LogP contribution in [-0.4, -0.2) is 13.0 Å². The number of amides is 1. The lowest BCUT2D eigenvalue weighted by atomic mass is 10.2. The molecule has 0 aliphatic carbocycles. The van der Waals surface area contributed by atoms with E-state index >= 15 is 0 Å². The minimum atomic E-state index is -0.166. The van der Waals surface area contributed by atoms with E-state index in [1.165, 1.54) is 11.3 Å². The maximum atomic E-state index is 11.9. The fourth-order valence-corrected chi connectivity index (χ4v) is 2.62. The van der Waals surface area contributed by atoms with E-state index in [2.05, 4.69) is 5.32 Å². The minimum absolute atomic E-state index is 0.166. The SMILES string of the molecule is COc1ccccc1CNC(=O)c1sccc1Cl. The summed E-state index contributed by atoms with van der Waals surface area (Å²) in [5.41, 5.74) is 0.932. The van der Waals surface area contributed by atoms with E-state index in [0.717, 1.165) is 11.3 Å². The number of ether oxygens (including phenoxy) is 1. The van der Waals surface area contributed by atoms with Gasteiger partial charge in [0.1, 0.15) is 10.6 Å². The van der Waals surface area contributed by atoms with Crippen molar-refractivity contribution in [3.8, 4) is 5.75 Å². The van der Waals surface area contributed by atoms with Gasteiger partial charge in [0, 0.05) is 12.1 Å². The van der Waals surface area contributed by atoms with Crippen LogP contribution in [-0.2, 0) is 6.54 Å². The smallest absolute Gasteiger partial charge is 0.263 e. The lowest BCUT2D eigenvalue weighted by Crippen LogP contribution is -2.22. The summed E-state index contributed by atoms with van der Waals surface area (Å²) in [4.78, 5) is 12.4. The summed E-state index contributed by atoms with van der Waals surface area (Å²) in [7, 11) is 1.61. The molecule has 1 N–H and O–H groups in total. The van der Waals surface area contributed by atoms with Crippen LogP contribution in [0.3, 0.4) is 0 Å². The summed E-state index contributed by atoms with van der Waals surface area (Å²) < 4.78 is 5.22. The Bertz CT molecular complexity index is 553. The summed E-state index contributed by atoms with van der Waals surface area (Å²) >= 11 is 7.23. The Hall–Kier alpha value is -1.52. The number of hydrogen-bond donors (Lipinski definition) is 1. The summed E-state index contributed by atoms with van der Waals surface area (Å²) in [6.07, 6.45) is 0. The fraction of sp³-hybridized carbons (Fsp3) is 0.154. The second kappa shape index (κ2) is 5.89. The minimum Gasteiger partial charge on any atom is -0.496 e. The predicted molar refractivity (Wildman–Crippen MR) is 73.5 cm³/mol. The van der Waals surface area contributed by atoms with Crippen LogP contribution in [0, 0.1) is 0 Å². The zero-order valence-corrected chi connectivity index (χ0v) is 11.3. The number of para-hydroxylation sites is 1. The van der Waals surface area contributed by atoms with Gasteiger partial charge in [0.25, 0.3) is 5.91 Å². The fourth-order valence-electron chi connectivity index (χ4n) is 1.56. The average Bonchev–Trinajstić information content (AvgIpc) is 2.82. The average molecular weight is 282 g/mol. The third-order valence-corrected chi connectivity index (χ3v) is 3.80. The molecule has 2 rings (SSSR count). The Morgan fingerprint density at radius 3 is 2.83 bits per heavy atom. The quantitative estimate of drug-likeness (QED) is 0.933. The van der Waals surface area contributed by atoms with E-state index in [1.807, 2.05) is 24.3 Å². The van der Waals surface area contributed by atoms with Gasteiger partial charge in [0.15, 0.2) is 0 Å². The number of rotatable bonds is 4. The van der Waals surface area contributed by atoms with Crippen LogP contribution in [0.2, 0.25) is 5.02 Å². The molecule has 3 nitrogen and oxygen atoms in total. The van der Waals surface area contributed by atoms with Crippen molar-refractivity contribution < 1.29 is 9.53 Å². The molecule has 0 unspecified atom stereocenters. The topological polar surface area (TPSA) is 38.3 Å². The summed E-state index contributed by atoms with van der Waals surface area (Å²) in [6, 6.07) is 9.28. The first-order chi connectivity index (χ1) is 8.72. The molecule has 0 aliphatic heterocycles. The molecule has 1 aromatic heterocycles. The molecule has 0 spiro atoms. The molecule has 0 saturated heterocycles. The van der Waals surface area contributed by atoms with Gasteiger partial charge in [-0.15, -0.1) is 11.3 Å². The Balaban J connectivity index is 2.04. The molecule has 0 aliphatic rings. The normalized spacial score (nSPS) is 10.1. The molecule has 0 saturated carbocycles. The summed E-state index contributed by atoms with van der Waals surface area (Å²) in [6.45, 7) is 0.414. The first-order valence-electron chi connectivity index (χ1n) is 5.35. The van der Waals surface area contributed by atoms with Gasteiger partial charge in [0.2, 0.25) is 0 Å². The monoisotopic (exact) mass is 281 g/mol. The van der Waals surface area contributed by atoms with E-state index in [9.17, 15) is 4.79 Å². The summed E-state index contributed by atoms with van der Waals surface area (Å²) in [5, 5.41) is 5.10. The molecule has 2 aromatic rings. The van der Waals surface area contributed by atoms with Crippen molar-refractivity contribution in [1.82, 2.24) is 5.32 Å². The molecule has 1 amide bonds. The highest BCUT2D eigenvalue weighted by Gasteiger charge is 2.12. The van der Waals surface area contributed by atoms with Crippen molar-refractivity contribution in [3.63, 3.8) is 0 Å². The van der Waals surface area contributed by atoms with E-state index in [0.29, 0.717) is 16.4 Å². The number of benzene rings is 1. The van der Waals surface area contributed by atoms with Gasteiger partial charge in [-0.25, -0.2) is 0 Å². The largest absolute Gasteiger partial charge is 0.496 e. The number of hydrogen-bond acceptors (Lipinski definition) is 3. The number of carbonyl (C=O) groups excluding carboxylic acids is 1. The van der Waals surface area contributed by atoms with E-state index in [-0.39, 0.29) is 5.91 Å². The van der Waals surface area contributed by atoms with Crippen molar-refractivity contribution in [2.75, 3.05) is 7.11 Å². The van der Waals surface area contributed by atoms with E-state index in [4.69, 9.17) is 16.3 Å². The van der Waals surface area contributed by atoms with Gasteiger partial charge >= 0.3 is 0 Å². The molecular formula is C13H12ClNO2S. The van der Waals surface area contributed by atoms with Crippen LogP contribution >= 0.6 is 22.9 Å². The number of carbonyl (C=O) groups is 1. The van der Waals surface area contributed by atoms with Gasteiger partial charge in [-0.1, -0.05) is 29.8 Å². The van der Waals surface area contributed by atoms with Crippen molar-refractivity contribution in [3.05, 3.63) is 51.2 Å². The number of nitrogens with one attached hydrogen (secondary N) is 1. The van der Waals surface area contributed by atoms with Crippen LogP contribution in [0.4, 0.5) is 0 Å². The van der Waals surface area contributed by atoms with E-state index in [1.54, 1.807) is 18.6 Å². The molecule has 1 heterocycles. The van der Waals surface area contributed by atoms with Gasteiger partial charge in [-0.05, 0) is 17.5 Å². The van der Waals surface area contributed by atoms with Crippen LogP contribution in [0.25, 0.3) is 0 Å². The maximum Gasteiger partial charge on any atom is 0.263 e. The molecule has 0 radical (unpaired) electrons. The third kappa shape index (κ3) is 2.83. The van der Waals surface area contributed by atoms with Crippen LogP contribution < -0.4 is 10.1 Å². The molecule has 94 valence electrons. The summed E-state index contributed by atoms with van der Waals surface area (Å²) in [5.74, 6) is 0.594. The Kier molecular flexibility index (Phi) is 4.23. The first kappa shape index (κ1) is 12.9. The lowest BCUT2D eigenvalue weighted by molar-refractivity contribution is 0.0955. The van der Waals surface area contributed by atoms with Crippen molar-refractivity contribution in [1.29, 1.82) is 0 Å². The Labute approximate surface area is 114 Å². The molecule has 0 fully saturated rings. The highest BCUT2D eigenvalue weighted by molar-refractivity contribution is 7.12. The van der Waals surface area contributed by atoms with E-state index < -0.39 is 0 Å². The van der Waals surface area contributed by atoms with Crippen molar-refractivity contribution >= 4 is 28.8 Å². The van der Waals surface area contributed by atoms with Crippen LogP contribution in [0.5, 0.6) is 5.75 Å². The molecule has 0 bridgehead atoms. The maximum absolute atomic E-state index is 11.9. The number of methoxy groups -OCH3 is 1. The first-order valence-corrected chi connectivity index (χ1v) is 6.61. The molecular weight excluding hydrogens is 270 g/mol. The Morgan fingerprint density at radius 2 is 2.17 bits per heavy atom. The molecule has 18 heavy (non-hydrogen) atoms. The molecule has 1 aromatic carbocycles. The van der Waals surface area contributed by atoms with Gasteiger partial charge in [0.05, 0.1) is 12.1 Å². The van der Waals surface area contributed by atoms with Crippen molar-refractivity contribution in [2.45, 2.75) is 6.54 Å². The van der Waals surface area contributed by atoms with Crippen LogP contribution in [0.1, 0.15) is 15.2 Å². The predicted octanol–water partition coefficient (Wildman–Crippen LogP) is 3.34. The number of halogens is 1. The highest BCUT2D eigenvalue weighted by Crippen LogP contribution is 2.22. The zero-order chi connectivity index (χ0) is 13.0. The molecule has 0 atom stereocenters. The molecule has 5 heteroatoms. The second-order valence-electron chi connectivity index (χ2n) is 3.59. The van der Waals surface area contributed by atoms with Gasteiger partial charge in [-0.2, -0.15) is 0 Å². The zero-order valence-electron chi connectivity index (χ0n) is 9.77. The van der Waals surface area contributed by atoms with Crippen LogP contribution in [0.15, 0.2) is 35.7 Å². The number of thiophene rings is 1. The van der Waals surface area contributed by atoms with Crippen molar-refractivity contribution in [2.24, 2.45) is 0 Å². The van der Waals surface area contributed by atoms with Gasteiger partial charge < -0.3 is 10.1 Å². The van der Waals surface area contributed by atoms with Gasteiger partial charge in [-0.3, -0.25) is 4.79 Å². The second-order valence-corrected chi connectivity index (χ2v) is 4.92. The third-order valence-electron chi connectivity index (χ3n) is 2.46. The standard InChI is InChI=1S/C13H12ClNO2S/c1-17-11-5-3-2-4-9(11)8-15-13(16)12-10(14)6-7-18-12/h2-7H,8H2,1H3,(H,15,16). The highest BCUT2D eigenvalue weighted by atomic mass is 35.5. The Morgan fingerprint density at radius 1 is 1.39 bits per heavy atom. The lowest BCUT2D eigenvalue weighted by Gasteiger charge is -2.08.